The van der Waals surface area contributed by atoms with Gasteiger partial charge in [0.2, 0.25) is 5.13 Å². The molecule has 5 heteroatoms. The molecular weight excluding hydrogens is 172 g/mol. The van der Waals surface area contributed by atoms with E-state index < -0.39 is 0 Å². The summed E-state index contributed by atoms with van der Waals surface area (Å²) in [7, 11) is 0. The van der Waals surface area contributed by atoms with Crippen molar-refractivity contribution in [1.82, 2.24) is 10.2 Å². The Kier molecular flexibility index (Phi) is 3.96. The molecule has 0 saturated heterocycles. The van der Waals surface area contributed by atoms with Crippen molar-refractivity contribution in [3.8, 4) is 0 Å². The smallest absolute Gasteiger partial charge is 0.205 e. The monoisotopic (exact) mass is 186 g/mol. The minimum Gasteiger partial charge on any atom is -0.357 e. The zero-order valence-electron chi connectivity index (χ0n) is 7.16. The van der Waals surface area contributed by atoms with Crippen molar-refractivity contribution in [2.45, 2.75) is 25.8 Å². The number of rotatable bonds is 5. The van der Waals surface area contributed by atoms with Crippen LogP contribution in [0.5, 0.6) is 0 Å². The van der Waals surface area contributed by atoms with Crippen LogP contribution in [0.2, 0.25) is 0 Å². The minimum atomic E-state index is 0.433. The first kappa shape index (κ1) is 9.41. The topological polar surface area (TPSA) is 63.8 Å². The molecule has 3 N–H and O–H groups in total. The molecule has 0 aliphatic heterocycles. The molecule has 0 radical (unpaired) electrons. The summed E-state index contributed by atoms with van der Waals surface area (Å²) in [6, 6.07) is 0.433. The molecule has 0 bridgehead atoms. The predicted molar refractivity (Wildman–Crippen MR) is 51.3 cm³/mol. The van der Waals surface area contributed by atoms with Crippen molar-refractivity contribution in [2.24, 2.45) is 5.73 Å². The highest BCUT2D eigenvalue weighted by Crippen LogP contribution is 2.12. The fourth-order valence-corrected chi connectivity index (χ4v) is 1.51. The third kappa shape index (κ3) is 2.75. The molecule has 1 heterocycles. The van der Waals surface area contributed by atoms with Crippen molar-refractivity contribution in [3.05, 3.63) is 5.51 Å². The lowest BCUT2D eigenvalue weighted by molar-refractivity contribution is 0.640. The van der Waals surface area contributed by atoms with Crippen molar-refractivity contribution in [2.75, 3.05) is 11.9 Å². The number of aromatic nitrogens is 2. The van der Waals surface area contributed by atoms with E-state index in [0.717, 1.165) is 18.0 Å². The standard InChI is InChI=1S/C7H14N4S/c1-2-6(3-4-8)10-7-11-9-5-12-7/h5-6H,2-4,8H2,1H3,(H,10,11). The maximum atomic E-state index is 5.46. The minimum absolute atomic E-state index is 0.433. The number of anilines is 1. The Morgan fingerprint density at radius 2 is 2.58 bits per heavy atom. The highest BCUT2D eigenvalue weighted by Gasteiger charge is 2.05. The molecule has 1 atom stereocenters. The van der Waals surface area contributed by atoms with Crippen LogP contribution in [-0.2, 0) is 0 Å². The molecule has 4 nitrogen and oxygen atoms in total. The van der Waals surface area contributed by atoms with E-state index in [-0.39, 0.29) is 0 Å². The number of hydrogen-bond donors (Lipinski definition) is 2. The fraction of sp³-hybridized carbons (Fsp3) is 0.714. The van der Waals surface area contributed by atoms with Crippen LogP contribution >= 0.6 is 11.3 Å². The van der Waals surface area contributed by atoms with Crippen LogP contribution in [0.3, 0.4) is 0 Å². The summed E-state index contributed by atoms with van der Waals surface area (Å²) >= 11 is 1.52. The molecule has 1 aromatic rings. The number of nitrogens with two attached hydrogens (primary N) is 1. The predicted octanol–water partition coefficient (Wildman–Crippen LogP) is 1.08. The van der Waals surface area contributed by atoms with Gasteiger partial charge in [-0.3, -0.25) is 0 Å². The quantitative estimate of drug-likeness (QED) is 0.722. The van der Waals surface area contributed by atoms with E-state index in [1.54, 1.807) is 5.51 Å². The molecule has 68 valence electrons. The molecule has 0 aliphatic rings. The molecule has 0 saturated carbocycles. The first-order valence-electron chi connectivity index (χ1n) is 4.09. The second-order valence-electron chi connectivity index (χ2n) is 2.57. The second-order valence-corrected chi connectivity index (χ2v) is 3.40. The van der Waals surface area contributed by atoms with E-state index in [1.165, 1.54) is 11.3 Å². The Hall–Kier alpha value is -0.680. The van der Waals surface area contributed by atoms with E-state index in [0.29, 0.717) is 12.6 Å². The maximum Gasteiger partial charge on any atom is 0.205 e. The molecule has 12 heavy (non-hydrogen) atoms. The molecule has 1 rings (SSSR count). The molecule has 0 spiro atoms. The number of nitrogens with zero attached hydrogens (tertiary/aromatic N) is 2. The normalized spacial score (nSPS) is 12.8. The summed E-state index contributed by atoms with van der Waals surface area (Å²) in [6.07, 6.45) is 2.05. The van der Waals surface area contributed by atoms with Crippen molar-refractivity contribution in [1.29, 1.82) is 0 Å². The van der Waals surface area contributed by atoms with E-state index in [2.05, 4.69) is 22.4 Å². The molecule has 1 unspecified atom stereocenters. The SMILES string of the molecule is CCC(CCN)Nc1nncs1. The average molecular weight is 186 g/mol. The van der Waals surface area contributed by atoms with Crippen LogP contribution in [0, 0.1) is 0 Å². The van der Waals surface area contributed by atoms with E-state index in [1.807, 2.05) is 0 Å². The first-order chi connectivity index (χ1) is 5.86. The molecule has 0 fully saturated rings. The summed E-state index contributed by atoms with van der Waals surface area (Å²) in [6.45, 7) is 2.85. The first-order valence-corrected chi connectivity index (χ1v) is 4.97. The van der Waals surface area contributed by atoms with Gasteiger partial charge in [0.15, 0.2) is 0 Å². The largest absolute Gasteiger partial charge is 0.357 e. The van der Waals surface area contributed by atoms with Crippen LogP contribution in [0.25, 0.3) is 0 Å². The third-order valence-corrected chi connectivity index (χ3v) is 2.32. The third-order valence-electron chi connectivity index (χ3n) is 1.70. The Bertz CT molecular complexity index is 199. The van der Waals surface area contributed by atoms with Crippen LogP contribution in [-0.4, -0.2) is 22.8 Å². The Labute approximate surface area is 76.2 Å². The maximum absolute atomic E-state index is 5.46. The Morgan fingerprint density at radius 3 is 3.08 bits per heavy atom. The van der Waals surface area contributed by atoms with Gasteiger partial charge >= 0.3 is 0 Å². The van der Waals surface area contributed by atoms with Gasteiger partial charge in [0.05, 0.1) is 0 Å². The molecule has 1 aromatic heterocycles. The van der Waals surface area contributed by atoms with Crippen LogP contribution in [0.15, 0.2) is 5.51 Å². The summed E-state index contributed by atoms with van der Waals surface area (Å²) in [5.41, 5.74) is 7.18. The van der Waals surface area contributed by atoms with Gasteiger partial charge in [0.25, 0.3) is 0 Å². The molecule has 0 aliphatic carbocycles. The average Bonchev–Trinajstić information content (AvgIpc) is 2.56. The zero-order chi connectivity index (χ0) is 8.81. The van der Waals surface area contributed by atoms with E-state index >= 15 is 0 Å². The summed E-state index contributed by atoms with van der Waals surface area (Å²) in [4.78, 5) is 0. The van der Waals surface area contributed by atoms with Crippen molar-refractivity contribution < 1.29 is 0 Å². The fourth-order valence-electron chi connectivity index (χ4n) is 0.990. The number of hydrogen-bond acceptors (Lipinski definition) is 5. The van der Waals surface area contributed by atoms with Crippen molar-refractivity contribution in [3.63, 3.8) is 0 Å². The highest BCUT2D eigenvalue weighted by atomic mass is 32.1. The lowest BCUT2D eigenvalue weighted by Crippen LogP contribution is -2.22. The number of nitrogens with one attached hydrogen (secondary N) is 1. The van der Waals surface area contributed by atoms with Gasteiger partial charge in [-0.15, -0.1) is 10.2 Å². The van der Waals surface area contributed by atoms with Gasteiger partial charge in [0.1, 0.15) is 5.51 Å². The highest BCUT2D eigenvalue weighted by molar-refractivity contribution is 7.13. The van der Waals surface area contributed by atoms with E-state index in [4.69, 9.17) is 5.73 Å². The molecule has 0 amide bonds. The summed E-state index contributed by atoms with van der Waals surface area (Å²) < 4.78 is 0. The van der Waals surface area contributed by atoms with Gasteiger partial charge in [0, 0.05) is 6.04 Å². The van der Waals surface area contributed by atoms with E-state index in [9.17, 15) is 0 Å². The van der Waals surface area contributed by atoms with Crippen molar-refractivity contribution >= 4 is 16.5 Å². The second kappa shape index (κ2) is 5.05. The molecular formula is C7H14N4S. The lowest BCUT2D eigenvalue weighted by atomic mass is 10.1. The van der Waals surface area contributed by atoms with Gasteiger partial charge in [-0.05, 0) is 19.4 Å². The van der Waals surface area contributed by atoms with Crippen LogP contribution < -0.4 is 11.1 Å². The Balaban J connectivity index is 2.37. The van der Waals surface area contributed by atoms with Gasteiger partial charge in [-0.1, -0.05) is 18.3 Å². The van der Waals surface area contributed by atoms with Crippen LogP contribution in [0.4, 0.5) is 5.13 Å². The Morgan fingerprint density at radius 1 is 1.75 bits per heavy atom. The molecule has 0 aromatic carbocycles. The van der Waals surface area contributed by atoms with Crippen LogP contribution in [0.1, 0.15) is 19.8 Å². The zero-order valence-corrected chi connectivity index (χ0v) is 7.97. The van der Waals surface area contributed by atoms with Gasteiger partial charge in [-0.25, -0.2) is 0 Å². The van der Waals surface area contributed by atoms with Gasteiger partial charge < -0.3 is 11.1 Å². The summed E-state index contributed by atoms with van der Waals surface area (Å²) in [5, 5.41) is 11.8. The van der Waals surface area contributed by atoms with Gasteiger partial charge in [-0.2, -0.15) is 0 Å². The summed E-state index contributed by atoms with van der Waals surface area (Å²) in [5.74, 6) is 0. The lowest BCUT2D eigenvalue weighted by Gasteiger charge is -2.13.